The molecule has 1 heterocycles. The third kappa shape index (κ3) is 3.76. The summed E-state index contributed by atoms with van der Waals surface area (Å²) in [4.78, 5) is 0. The zero-order chi connectivity index (χ0) is 13.9. The average Bonchev–Trinajstić information content (AvgIpc) is 3.18. The predicted molar refractivity (Wildman–Crippen MR) is 86.8 cm³/mol. The maximum absolute atomic E-state index is 5.86. The molecule has 2 aromatic rings. The summed E-state index contributed by atoms with van der Waals surface area (Å²) in [6.45, 7) is 3.38. The first kappa shape index (κ1) is 13.9. The Balaban J connectivity index is 1.58. The van der Waals surface area contributed by atoms with Crippen LogP contribution >= 0.6 is 22.6 Å². The van der Waals surface area contributed by atoms with Crippen molar-refractivity contribution in [1.29, 1.82) is 0 Å². The molecule has 4 heteroatoms. The smallest absolute Gasteiger partial charge is 0.146 e. The van der Waals surface area contributed by atoms with Gasteiger partial charge in [0.1, 0.15) is 23.9 Å². The monoisotopic (exact) mass is 383 g/mol. The van der Waals surface area contributed by atoms with Gasteiger partial charge in [0.15, 0.2) is 0 Å². The summed E-state index contributed by atoms with van der Waals surface area (Å²) in [5.74, 6) is 2.79. The topological polar surface area (TPSA) is 34.4 Å². The summed E-state index contributed by atoms with van der Waals surface area (Å²) >= 11 is 2.28. The van der Waals surface area contributed by atoms with E-state index in [1.54, 1.807) is 0 Å². The van der Waals surface area contributed by atoms with Gasteiger partial charge in [-0.05, 0) is 72.2 Å². The van der Waals surface area contributed by atoms with Gasteiger partial charge in [-0.15, -0.1) is 0 Å². The molecule has 20 heavy (non-hydrogen) atoms. The Kier molecular flexibility index (Phi) is 4.31. The minimum atomic E-state index is 0.477. The van der Waals surface area contributed by atoms with Gasteiger partial charge in [0, 0.05) is 9.61 Å². The summed E-state index contributed by atoms with van der Waals surface area (Å²) in [5, 5.41) is 3.47. The van der Waals surface area contributed by atoms with Crippen molar-refractivity contribution in [2.75, 3.05) is 0 Å². The van der Waals surface area contributed by atoms with Gasteiger partial charge in [-0.25, -0.2) is 0 Å². The maximum atomic E-state index is 5.86. The number of furan rings is 1. The van der Waals surface area contributed by atoms with Gasteiger partial charge >= 0.3 is 0 Å². The van der Waals surface area contributed by atoms with Crippen LogP contribution in [0.3, 0.4) is 0 Å². The van der Waals surface area contributed by atoms with E-state index in [1.165, 1.54) is 22.0 Å². The number of aryl methyl sites for hydroxylation is 1. The van der Waals surface area contributed by atoms with E-state index in [1.807, 2.05) is 24.3 Å². The van der Waals surface area contributed by atoms with Crippen molar-refractivity contribution in [1.82, 2.24) is 5.32 Å². The molecule has 0 bridgehead atoms. The lowest BCUT2D eigenvalue weighted by Crippen LogP contribution is -2.15. The van der Waals surface area contributed by atoms with Gasteiger partial charge in [0.25, 0.3) is 0 Å². The van der Waals surface area contributed by atoms with Gasteiger partial charge in [-0.1, -0.05) is 6.07 Å². The molecule has 0 spiro atoms. The molecule has 0 unspecified atom stereocenters. The lowest BCUT2D eigenvalue weighted by Gasteiger charge is -2.04. The predicted octanol–water partition coefficient (Wildman–Crippen LogP) is 4.02. The van der Waals surface area contributed by atoms with E-state index in [4.69, 9.17) is 9.15 Å². The highest BCUT2D eigenvalue weighted by molar-refractivity contribution is 14.1. The van der Waals surface area contributed by atoms with E-state index >= 15 is 0 Å². The van der Waals surface area contributed by atoms with Gasteiger partial charge in [0.05, 0.1) is 6.54 Å². The normalized spacial score (nSPS) is 14.5. The second kappa shape index (κ2) is 6.18. The number of halogens is 1. The fourth-order valence-corrected chi connectivity index (χ4v) is 2.59. The molecule has 1 aliphatic rings. The summed E-state index contributed by atoms with van der Waals surface area (Å²) < 4.78 is 12.8. The third-order valence-corrected chi connectivity index (χ3v) is 4.05. The molecule has 3 rings (SSSR count). The number of ether oxygens (including phenoxy) is 1. The van der Waals surface area contributed by atoms with Crippen LogP contribution in [0.4, 0.5) is 0 Å². The average molecular weight is 383 g/mol. The lowest BCUT2D eigenvalue weighted by molar-refractivity contribution is 0.265. The van der Waals surface area contributed by atoms with Gasteiger partial charge in [0.2, 0.25) is 0 Å². The fourth-order valence-electron chi connectivity index (χ4n) is 2.07. The van der Waals surface area contributed by atoms with Gasteiger partial charge in [-0.3, -0.25) is 0 Å². The van der Waals surface area contributed by atoms with Crippen molar-refractivity contribution in [2.24, 2.45) is 0 Å². The Bertz CT molecular complexity index is 590. The van der Waals surface area contributed by atoms with Crippen LogP contribution in [-0.4, -0.2) is 6.04 Å². The highest BCUT2D eigenvalue weighted by Crippen LogP contribution is 2.22. The molecule has 3 nitrogen and oxygen atoms in total. The van der Waals surface area contributed by atoms with Gasteiger partial charge in [-0.2, -0.15) is 0 Å². The van der Waals surface area contributed by atoms with Crippen molar-refractivity contribution in [3.63, 3.8) is 0 Å². The molecular weight excluding hydrogens is 365 g/mol. The van der Waals surface area contributed by atoms with Crippen molar-refractivity contribution in [2.45, 2.75) is 39.0 Å². The molecule has 1 aromatic carbocycles. The van der Waals surface area contributed by atoms with E-state index in [9.17, 15) is 0 Å². The Labute approximate surface area is 132 Å². The number of rotatable bonds is 6. The second-order valence-corrected chi connectivity index (χ2v) is 6.47. The summed E-state index contributed by atoms with van der Waals surface area (Å²) in [6.07, 6.45) is 2.59. The molecule has 0 amide bonds. The minimum absolute atomic E-state index is 0.477. The van der Waals surface area contributed by atoms with E-state index < -0.39 is 0 Å². The van der Waals surface area contributed by atoms with E-state index in [0.717, 1.165) is 23.8 Å². The van der Waals surface area contributed by atoms with Crippen molar-refractivity contribution >= 4 is 22.6 Å². The molecule has 1 fully saturated rings. The summed E-state index contributed by atoms with van der Waals surface area (Å²) in [5.41, 5.74) is 1.19. The molecular formula is C16H18INO2. The Hall–Kier alpha value is -1.01. The molecule has 0 radical (unpaired) electrons. The van der Waals surface area contributed by atoms with E-state index in [2.05, 4.69) is 40.9 Å². The number of nitrogens with one attached hydrogen (secondary N) is 1. The molecule has 1 N–H and O–H groups in total. The molecule has 0 saturated heterocycles. The quantitative estimate of drug-likeness (QED) is 0.766. The van der Waals surface area contributed by atoms with Gasteiger partial charge < -0.3 is 14.5 Å². The zero-order valence-electron chi connectivity index (χ0n) is 11.5. The molecule has 1 aromatic heterocycles. The van der Waals surface area contributed by atoms with Crippen LogP contribution in [0, 0.1) is 10.5 Å². The number of hydrogen-bond acceptors (Lipinski definition) is 3. The van der Waals surface area contributed by atoms with E-state index in [0.29, 0.717) is 12.6 Å². The standard InChI is InChI=1S/C16H18INO2/c1-11-7-15(20-16(11)9-18-13-5-6-13)10-19-14-4-2-3-12(17)8-14/h2-4,7-8,13,18H,5-6,9-10H2,1H3. The highest BCUT2D eigenvalue weighted by Gasteiger charge is 2.21. The van der Waals surface area contributed by atoms with Crippen LogP contribution in [-0.2, 0) is 13.2 Å². The fraction of sp³-hybridized carbons (Fsp3) is 0.375. The third-order valence-electron chi connectivity index (χ3n) is 3.38. The summed E-state index contributed by atoms with van der Waals surface area (Å²) in [6, 6.07) is 10.8. The van der Waals surface area contributed by atoms with Crippen molar-refractivity contribution in [3.05, 3.63) is 51.0 Å². The minimum Gasteiger partial charge on any atom is -0.486 e. The largest absolute Gasteiger partial charge is 0.486 e. The van der Waals surface area contributed by atoms with Crippen LogP contribution in [0.2, 0.25) is 0 Å². The van der Waals surface area contributed by atoms with Crippen LogP contribution in [0.25, 0.3) is 0 Å². The highest BCUT2D eigenvalue weighted by atomic mass is 127. The van der Waals surface area contributed by atoms with Crippen molar-refractivity contribution < 1.29 is 9.15 Å². The van der Waals surface area contributed by atoms with Crippen molar-refractivity contribution in [3.8, 4) is 5.75 Å². The maximum Gasteiger partial charge on any atom is 0.146 e. The van der Waals surface area contributed by atoms with Crippen LogP contribution in [0.15, 0.2) is 34.7 Å². The van der Waals surface area contributed by atoms with E-state index in [-0.39, 0.29) is 0 Å². The Morgan fingerprint density at radius 2 is 2.20 bits per heavy atom. The first-order valence-corrected chi connectivity index (χ1v) is 7.98. The first-order chi connectivity index (χ1) is 9.70. The number of benzene rings is 1. The number of hydrogen-bond donors (Lipinski definition) is 1. The SMILES string of the molecule is Cc1cc(COc2cccc(I)c2)oc1CNC1CC1. The Morgan fingerprint density at radius 3 is 2.95 bits per heavy atom. The first-order valence-electron chi connectivity index (χ1n) is 6.90. The second-order valence-electron chi connectivity index (χ2n) is 5.22. The summed E-state index contributed by atoms with van der Waals surface area (Å²) in [7, 11) is 0. The zero-order valence-corrected chi connectivity index (χ0v) is 13.6. The van der Waals surface area contributed by atoms with Crippen LogP contribution in [0.5, 0.6) is 5.75 Å². The molecule has 1 saturated carbocycles. The van der Waals surface area contributed by atoms with Crippen LogP contribution < -0.4 is 10.1 Å². The van der Waals surface area contributed by atoms with Crippen LogP contribution in [0.1, 0.15) is 29.9 Å². The Morgan fingerprint density at radius 1 is 1.35 bits per heavy atom. The lowest BCUT2D eigenvalue weighted by atomic mass is 10.2. The molecule has 106 valence electrons. The molecule has 0 aliphatic heterocycles. The molecule has 0 atom stereocenters. The molecule has 1 aliphatic carbocycles.